The van der Waals surface area contributed by atoms with Gasteiger partial charge in [0.2, 0.25) is 0 Å². The highest BCUT2D eigenvalue weighted by atomic mass is 16.4. The smallest absolute Gasteiger partial charge is 0.344 e. The minimum atomic E-state index is -0.302. The summed E-state index contributed by atoms with van der Waals surface area (Å²) < 4.78 is 7.84. The Labute approximate surface area is 187 Å². The SMILES string of the molecule is Cc1cn2cc(-c3cc4ccc(N5CC[C@H](N6CCCC6)C5)cc4oc3=O)cc2c(C)n1. The first-order chi connectivity index (χ1) is 15.5. The Kier molecular flexibility index (Phi) is 4.57. The summed E-state index contributed by atoms with van der Waals surface area (Å²) in [5.41, 5.74) is 5.83. The van der Waals surface area contributed by atoms with E-state index in [1.807, 2.05) is 48.8 Å². The molecule has 0 bridgehead atoms. The van der Waals surface area contributed by atoms with Gasteiger partial charge in [0.25, 0.3) is 0 Å². The fourth-order valence-corrected chi connectivity index (χ4v) is 5.45. The molecule has 2 aliphatic rings. The van der Waals surface area contributed by atoms with Crippen LogP contribution in [-0.4, -0.2) is 46.5 Å². The highest BCUT2D eigenvalue weighted by Crippen LogP contribution is 2.30. The number of benzene rings is 1. The van der Waals surface area contributed by atoms with E-state index >= 15 is 0 Å². The third kappa shape index (κ3) is 3.30. The summed E-state index contributed by atoms with van der Waals surface area (Å²) in [7, 11) is 0. The summed E-state index contributed by atoms with van der Waals surface area (Å²) >= 11 is 0. The van der Waals surface area contributed by atoms with Gasteiger partial charge in [-0.2, -0.15) is 0 Å². The fourth-order valence-electron chi connectivity index (χ4n) is 5.45. The molecular weight excluding hydrogens is 400 g/mol. The Hall–Kier alpha value is -3.12. The van der Waals surface area contributed by atoms with Crippen molar-refractivity contribution in [1.82, 2.24) is 14.3 Å². The topological polar surface area (TPSA) is 54.0 Å². The second-order valence-corrected chi connectivity index (χ2v) is 9.29. The maximum atomic E-state index is 12.9. The summed E-state index contributed by atoms with van der Waals surface area (Å²) in [6.07, 6.45) is 7.82. The molecule has 4 aromatic rings. The number of aromatic nitrogens is 2. The van der Waals surface area contributed by atoms with Crippen molar-refractivity contribution in [2.45, 2.75) is 39.2 Å². The molecule has 0 amide bonds. The zero-order valence-corrected chi connectivity index (χ0v) is 18.7. The number of nitrogens with zero attached hydrogens (tertiary/aromatic N) is 4. The van der Waals surface area contributed by atoms with Crippen LogP contribution in [0.25, 0.3) is 27.6 Å². The molecule has 3 aromatic heterocycles. The zero-order chi connectivity index (χ0) is 21.8. The zero-order valence-electron chi connectivity index (χ0n) is 18.7. The summed E-state index contributed by atoms with van der Waals surface area (Å²) in [6.45, 7) is 8.54. The second kappa shape index (κ2) is 7.48. The van der Waals surface area contributed by atoms with Crippen LogP contribution >= 0.6 is 0 Å². The molecule has 1 atom stereocenters. The van der Waals surface area contributed by atoms with Crippen LogP contribution in [0.5, 0.6) is 0 Å². The molecule has 0 radical (unpaired) electrons. The van der Waals surface area contributed by atoms with E-state index in [0.29, 0.717) is 17.2 Å². The molecule has 5 heterocycles. The Morgan fingerprint density at radius 1 is 1.03 bits per heavy atom. The quantitative estimate of drug-likeness (QED) is 0.453. The van der Waals surface area contributed by atoms with E-state index in [4.69, 9.17) is 4.42 Å². The normalized spacial score (nSPS) is 19.6. The number of fused-ring (bicyclic) bond motifs is 2. The lowest BCUT2D eigenvalue weighted by Gasteiger charge is -2.24. The molecule has 6 heteroatoms. The third-order valence-corrected chi connectivity index (χ3v) is 7.11. The summed E-state index contributed by atoms with van der Waals surface area (Å²) in [4.78, 5) is 22.5. The van der Waals surface area contributed by atoms with Crippen LogP contribution in [0.3, 0.4) is 0 Å². The molecule has 0 unspecified atom stereocenters. The monoisotopic (exact) mass is 428 g/mol. The molecule has 6 nitrogen and oxygen atoms in total. The third-order valence-electron chi connectivity index (χ3n) is 7.11. The van der Waals surface area contributed by atoms with Gasteiger partial charge >= 0.3 is 5.63 Å². The van der Waals surface area contributed by atoms with E-state index in [-0.39, 0.29) is 5.63 Å². The summed E-state index contributed by atoms with van der Waals surface area (Å²) in [5.74, 6) is 0. The standard InChI is InChI=1S/C26H28N4O2/c1-17-14-30-15-20(12-24(30)18(2)27-17)23-11-19-5-6-21(13-25(19)32-26(23)31)29-10-7-22(16-29)28-8-3-4-9-28/h5-6,11-15,22H,3-4,7-10,16H2,1-2H3/t22-/m0/s1. The van der Waals surface area contributed by atoms with Gasteiger partial charge in [-0.1, -0.05) is 0 Å². The Balaban J connectivity index is 1.33. The van der Waals surface area contributed by atoms with E-state index in [9.17, 15) is 4.79 Å². The van der Waals surface area contributed by atoms with Crippen LogP contribution in [0, 0.1) is 13.8 Å². The van der Waals surface area contributed by atoms with Gasteiger partial charge < -0.3 is 13.7 Å². The van der Waals surface area contributed by atoms with Crippen LogP contribution in [0.2, 0.25) is 0 Å². The van der Waals surface area contributed by atoms with Gasteiger partial charge in [-0.25, -0.2) is 4.79 Å². The molecule has 1 aromatic carbocycles. The van der Waals surface area contributed by atoms with Crippen LogP contribution in [0.4, 0.5) is 5.69 Å². The molecule has 0 spiro atoms. The first-order valence-corrected chi connectivity index (χ1v) is 11.6. The van der Waals surface area contributed by atoms with Gasteiger partial charge in [0.05, 0.1) is 22.5 Å². The number of aryl methyl sites for hydroxylation is 2. The largest absolute Gasteiger partial charge is 0.422 e. The van der Waals surface area contributed by atoms with Crippen molar-refractivity contribution in [2.24, 2.45) is 0 Å². The number of rotatable bonds is 3. The molecule has 2 aliphatic heterocycles. The molecule has 0 N–H and O–H groups in total. The molecule has 32 heavy (non-hydrogen) atoms. The van der Waals surface area contributed by atoms with E-state index < -0.39 is 0 Å². The van der Waals surface area contributed by atoms with E-state index in [2.05, 4.69) is 26.9 Å². The van der Waals surface area contributed by atoms with Gasteiger partial charge in [0.15, 0.2) is 0 Å². The van der Waals surface area contributed by atoms with Crippen molar-refractivity contribution in [3.63, 3.8) is 0 Å². The number of hydrogen-bond donors (Lipinski definition) is 0. The predicted molar refractivity (Wildman–Crippen MR) is 128 cm³/mol. The Morgan fingerprint density at radius 2 is 1.88 bits per heavy atom. The summed E-state index contributed by atoms with van der Waals surface area (Å²) in [6, 6.07) is 10.9. The van der Waals surface area contributed by atoms with Crippen molar-refractivity contribution >= 4 is 22.2 Å². The minimum Gasteiger partial charge on any atom is -0.422 e. The first kappa shape index (κ1) is 19.6. The van der Waals surface area contributed by atoms with E-state index in [1.165, 1.54) is 32.4 Å². The van der Waals surface area contributed by atoms with E-state index in [1.54, 1.807) is 0 Å². The highest BCUT2D eigenvalue weighted by Gasteiger charge is 2.29. The Bertz CT molecular complexity index is 1380. The number of hydrogen-bond acceptors (Lipinski definition) is 5. The van der Waals surface area contributed by atoms with Crippen molar-refractivity contribution in [1.29, 1.82) is 0 Å². The van der Waals surface area contributed by atoms with E-state index in [0.717, 1.165) is 46.6 Å². The maximum Gasteiger partial charge on any atom is 0.344 e. The van der Waals surface area contributed by atoms with Gasteiger partial charge in [0.1, 0.15) is 5.58 Å². The predicted octanol–water partition coefficient (Wildman–Crippen LogP) is 4.40. The van der Waals surface area contributed by atoms with Crippen LogP contribution in [0.1, 0.15) is 30.7 Å². The van der Waals surface area contributed by atoms with Gasteiger partial charge in [-0.3, -0.25) is 9.88 Å². The molecule has 6 rings (SSSR count). The lowest BCUT2D eigenvalue weighted by atomic mass is 10.1. The molecular formula is C26H28N4O2. The first-order valence-electron chi connectivity index (χ1n) is 11.6. The van der Waals surface area contributed by atoms with Crippen molar-refractivity contribution in [3.05, 3.63) is 64.5 Å². The highest BCUT2D eigenvalue weighted by molar-refractivity contribution is 5.85. The van der Waals surface area contributed by atoms with Gasteiger partial charge in [-0.05, 0) is 70.5 Å². The molecule has 164 valence electrons. The average Bonchev–Trinajstić information content (AvgIpc) is 3.52. The Morgan fingerprint density at radius 3 is 2.72 bits per heavy atom. The van der Waals surface area contributed by atoms with Crippen molar-refractivity contribution in [2.75, 3.05) is 31.1 Å². The molecule has 2 fully saturated rings. The van der Waals surface area contributed by atoms with Crippen LogP contribution in [0.15, 0.2) is 51.9 Å². The van der Waals surface area contributed by atoms with Crippen LogP contribution in [-0.2, 0) is 0 Å². The van der Waals surface area contributed by atoms with Gasteiger partial charge in [0, 0.05) is 54.2 Å². The lowest BCUT2D eigenvalue weighted by molar-refractivity contribution is 0.260. The summed E-state index contributed by atoms with van der Waals surface area (Å²) in [5, 5.41) is 0.944. The van der Waals surface area contributed by atoms with Crippen molar-refractivity contribution < 1.29 is 4.42 Å². The number of likely N-dealkylation sites (tertiary alicyclic amines) is 1. The fraction of sp³-hybridized carbons (Fsp3) is 0.385. The van der Waals surface area contributed by atoms with Crippen molar-refractivity contribution in [3.8, 4) is 11.1 Å². The minimum absolute atomic E-state index is 0.302. The van der Waals surface area contributed by atoms with Gasteiger partial charge in [-0.15, -0.1) is 0 Å². The molecule has 2 saturated heterocycles. The average molecular weight is 429 g/mol. The number of anilines is 1. The van der Waals surface area contributed by atoms with Crippen LogP contribution < -0.4 is 10.5 Å². The second-order valence-electron chi connectivity index (χ2n) is 9.29. The molecule has 0 saturated carbocycles. The lowest BCUT2D eigenvalue weighted by Crippen LogP contribution is -2.35. The molecule has 0 aliphatic carbocycles. The maximum absolute atomic E-state index is 12.9.